The summed E-state index contributed by atoms with van der Waals surface area (Å²) < 4.78 is 56.7. The summed E-state index contributed by atoms with van der Waals surface area (Å²) >= 11 is 1.37. The minimum absolute atomic E-state index is 0. The molecular formula is C49H40F4IrN2S-2. The van der Waals surface area contributed by atoms with Gasteiger partial charge in [-0.05, 0) is 77.6 Å². The Labute approximate surface area is 349 Å². The van der Waals surface area contributed by atoms with Crippen LogP contribution in [0.2, 0.25) is 0 Å². The van der Waals surface area contributed by atoms with E-state index >= 15 is 0 Å². The van der Waals surface area contributed by atoms with Crippen LogP contribution in [-0.4, -0.2) is 9.97 Å². The number of rotatable bonds is 4. The van der Waals surface area contributed by atoms with E-state index in [1.807, 2.05) is 81.4 Å². The molecule has 0 aliphatic heterocycles. The van der Waals surface area contributed by atoms with Crippen molar-refractivity contribution < 1.29 is 37.7 Å². The maximum Gasteiger partial charge on any atom is 0.400 e. The van der Waals surface area contributed by atoms with Crippen LogP contribution in [-0.2, 0) is 37.1 Å². The fraction of sp³-hybridized carbons (Fsp3) is 0.184. The van der Waals surface area contributed by atoms with E-state index in [2.05, 4.69) is 79.3 Å². The Hall–Kier alpha value is -5.01. The van der Waals surface area contributed by atoms with Gasteiger partial charge in [0, 0.05) is 43.2 Å². The molecule has 291 valence electrons. The molecule has 57 heavy (non-hydrogen) atoms. The maximum atomic E-state index is 14.1. The summed E-state index contributed by atoms with van der Waals surface area (Å²) in [6.45, 7) is 12.6. The Kier molecular flexibility index (Phi) is 12.0. The quantitative estimate of drug-likeness (QED) is 0.130. The first-order chi connectivity index (χ1) is 26.5. The molecule has 0 atom stereocenters. The van der Waals surface area contributed by atoms with Crippen molar-refractivity contribution in [3.63, 3.8) is 0 Å². The van der Waals surface area contributed by atoms with E-state index in [1.165, 1.54) is 29.0 Å². The van der Waals surface area contributed by atoms with Crippen LogP contribution in [0.5, 0.6) is 0 Å². The fourth-order valence-electron chi connectivity index (χ4n) is 6.42. The molecule has 0 spiro atoms. The fourth-order valence-corrected chi connectivity index (χ4v) is 7.56. The summed E-state index contributed by atoms with van der Waals surface area (Å²) in [5, 5.41) is 2.06. The maximum absolute atomic E-state index is 14.1. The second-order valence-electron chi connectivity index (χ2n) is 15.8. The van der Waals surface area contributed by atoms with Crippen LogP contribution < -0.4 is 0 Å². The Morgan fingerprint density at radius 1 is 0.614 bits per heavy atom. The largest absolute Gasteiger partial charge is 0.400 e. The van der Waals surface area contributed by atoms with Gasteiger partial charge in [0.25, 0.3) is 0 Å². The van der Waals surface area contributed by atoms with Crippen molar-refractivity contribution in [3.8, 4) is 44.8 Å². The first kappa shape index (κ1) is 41.6. The van der Waals surface area contributed by atoms with Gasteiger partial charge in [-0.2, -0.15) is 24.5 Å². The molecule has 8 rings (SSSR count). The molecule has 0 amide bonds. The first-order valence-corrected chi connectivity index (χ1v) is 19.1. The molecule has 1 radical (unpaired) electrons. The molecule has 0 unspecified atom stereocenters. The molecule has 0 aliphatic carbocycles. The number of hydrogen-bond acceptors (Lipinski definition) is 3. The van der Waals surface area contributed by atoms with Gasteiger partial charge in [-0.1, -0.05) is 143 Å². The summed E-state index contributed by atoms with van der Waals surface area (Å²) in [6.07, 6.45) is -1.03. The number of benzene rings is 5. The molecular weight excluding hydrogens is 917 g/mol. The minimum atomic E-state index is -4.47. The molecule has 5 aromatic carbocycles. The molecule has 8 aromatic rings. The van der Waals surface area contributed by atoms with Gasteiger partial charge in [0.15, 0.2) is 0 Å². The number of pyridine rings is 2. The Balaban J connectivity index is 0.000000231. The van der Waals surface area contributed by atoms with Crippen molar-refractivity contribution >= 4 is 32.2 Å². The van der Waals surface area contributed by atoms with E-state index in [0.29, 0.717) is 21.5 Å². The summed E-state index contributed by atoms with van der Waals surface area (Å²) in [7, 11) is 0. The molecule has 3 heterocycles. The number of hydrogen-bond donors (Lipinski definition) is 0. The second kappa shape index (κ2) is 16.5. The van der Waals surface area contributed by atoms with Crippen molar-refractivity contribution in [3.05, 3.63) is 168 Å². The summed E-state index contributed by atoms with van der Waals surface area (Å²) in [6, 6.07) is 43.8. The van der Waals surface area contributed by atoms with Crippen molar-refractivity contribution in [2.75, 3.05) is 0 Å². The van der Waals surface area contributed by atoms with E-state index in [4.69, 9.17) is 0 Å². The van der Waals surface area contributed by atoms with E-state index in [0.717, 1.165) is 43.6 Å². The summed E-state index contributed by atoms with van der Waals surface area (Å²) in [5.74, 6) is -0.272. The van der Waals surface area contributed by atoms with Gasteiger partial charge in [0.05, 0.1) is 0 Å². The molecule has 0 aliphatic rings. The van der Waals surface area contributed by atoms with Crippen molar-refractivity contribution in [1.29, 1.82) is 0 Å². The van der Waals surface area contributed by atoms with Crippen LogP contribution in [0.25, 0.3) is 65.6 Å². The number of nitrogens with zero attached hydrogens (tertiary/aromatic N) is 2. The zero-order chi connectivity index (χ0) is 39.8. The topological polar surface area (TPSA) is 25.8 Å². The molecule has 0 saturated carbocycles. The normalized spacial score (nSPS) is 11.9. The average Bonchev–Trinajstić information content (AvgIpc) is 3.63. The second-order valence-corrected chi connectivity index (χ2v) is 16.9. The smallest absolute Gasteiger partial charge is 0.305 e. The molecule has 2 nitrogen and oxygen atoms in total. The van der Waals surface area contributed by atoms with Gasteiger partial charge in [-0.15, -0.1) is 41.5 Å². The Bertz CT molecular complexity index is 2640. The van der Waals surface area contributed by atoms with Gasteiger partial charge in [-0.25, -0.2) is 0 Å². The molecule has 0 bridgehead atoms. The number of aromatic nitrogens is 2. The molecule has 0 fully saturated rings. The van der Waals surface area contributed by atoms with Crippen LogP contribution in [0.15, 0.2) is 134 Å². The number of halogens is 4. The van der Waals surface area contributed by atoms with Crippen LogP contribution in [0.4, 0.5) is 17.6 Å². The van der Waals surface area contributed by atoms with E-state index in [9.17, 15) is 17.6 Å². The van der Waals surface area contributed by atoms with E-state index in [-0.39, 0.29) is 42.1 Å². The number of alkyl halides is 3. The van der Waals surface area contributed by atoms with Gasteiger partial charge in [0.2, 0.25) is 0 Å². The van der Waals surface area contributed by atoms with Crippen molar-refractivity contribution in [2.45, 2.75) is 58.5 Å². The van der Waals surface area contributed by atoms with Crippen LogP contribution in [0.3, 0.4) is 0 Å². The third-order valence-corrected chi connectivity index (χ3v) is 11.1. The van der Waals surface area contributed by atoms with Gasteiger partial charge in [0.1, 0.15) is 0 Å². The number of fused-ring (bicyclic) bond motifs is 2. The van der Waals surface area contributed by atoms with Crippen molar-refractivity contribution in [2.24, 2.45) is 0 Å². The molecule has 0 saturated heterocycles. The van der Waals surface area contributed by atoms with Gasteiger partial charge in [-0.3, -0.25) is 4.39 Å². The third kappa shape index (κ3) is 9.42. The molecule has 8 heteroatoms. The van der Waals surface area contributed by atoms with Crippen LogP contribution >= 0.6 is 11.3 Å². The average molecular weight is 957 g/mol. The Morgan fingerprint density at radius 3 is 1.96 bits per heavy atom. The minimum Gasteiger partial charge on any atom is -0.305 e. The van der Waals surface area contributed by atoms with Gasteiger partial charge >= 0.3 is 6.18 Å². The van der Waals surface area contributed by atoms with E-state index in [1.54, 1.807) is 24.5 Å². The van der Waals surface area contributed by atoms with Crippen molar-refractivity contribution in [1.82, 2.24) is 9.97 Å². The molecule has 3 aromatic heterocycles. The standard InChI is InChI=1S/C32H29F3NS.C17H11FN.Ir/c1-30(2,3)24-11-9-19(10-12-24)20-7-8-21-18-36-27(15-22(21)13-20)23-14-26(32(33,34)35)25-17-29(31(4,5)6)37-28(25)16-23;18-16-10-9-14(17-8-4-5-11-19-17)12-15(16)13-6-2-1-3-7-13;/h7-15,17-18H,1-6H3;1-8,10-12H;/q2*-1;. The number of thiophene rings is 1. The zero-order valence-electron chi connectivity index (χ0n) is 32.3. The monoisotopic (exact) mass is 957 g/mol. The van der Waals surface area contributed by atoms with Crippen LogP contribution in [0.1, 0.15) is 57.5 Å². The molecule has 0 N–H and O–H groups in total. The summed E-state index contributed by atoms with van der Waals surface area (Å²) in [4.78, 5) is 9.67. The van der Waals surface area contributed by atoms with Crippen LogP contribution in [0, 0.1) is 17.9 Å². The first-order valence-electron chi connectivity index (χ1n) is 18.3. The third-order valence-electron chi connectivity index (χ3n) is 9.61. The SMILES string of the molecule is CC(C)(C)c1ccc(-c2ccc3cnc(-c4[c-]c5sc(C(C)(C)C)cc5c(C(F)(F)F)c4)cc3c2)cc1.Fc1c[c-]c(-c2ccccn2)cc1-c1ccccc1.[Ir]. The zero-order valence-corrected chi connectivity index (χ0v) is 35.6. The predicted molar refractivity (Wildman–Crippen MR) is 223 cm³/mol. The van der Waals surface area contributed by atoms with Gasteiger partial charge < -0.3 is 9.97 Å². The Morgan fingerprint density at radius 2 is 1.32 bits per heavy atom. The summed E-state index contributed by atoms with van der Waals surface area (Å²) in [5.41, 5.74) is 6.43. The predicted octanol–water partition coefficient (Wildman–Crippen LogP) is 14.5. The van der Waals surface area contributed by atoms with E-state index < -0.39 is 11.7 Å².